The van der Waals surface area contributed by atoms with Crippen molar-refractivity contribution in [1.29, 1.82) is 0 Å². The SMILES string of the molecule is CN[C@@H](C)C(=O)Nc1cn(-c2cccc(Cc3ccccc3)c2)n(CC(=O)N[C@@H]2CCCc3ccccc32)c1=O. The van der Waals surface area contributed by atoms with Gasteiger partial charge in [0.05, 0.1) is 24.0 Å². The Kier molecular flexibility index (Phi) is 8.26. The lowest BCUT2D eigenvalue weighted by molar-refractivity contribution is -0.123. The van der Waals surface area contributed by atoms with Crippen molar-refractivity contribution in [2.75, 3.05) is 12.4 Å². The third-order valence-electron chi connectivity index (χ3n) is 7.48. The lowest BCUT2D eigenvalue weighted by Crippen LogP contribution is -2.38. The summed E-state index contributed by atoms with van der Waals surface area (Å²) < 4.78 is 3.04. The molecule has 40 heavy (non-hydrogen) atoms. The molecule has 8 nitrogen and oxygen atoms in total. The molecule has 0 saturated carbocycles. The molecule has 1 aromatic heterocycles. The van der Waals surface area contributed by atoms with Crippen LogP contribution >= 0.6 is 0 Å². The van der Waals surface area contributed by atoms with Gasteiger partial charge in [-0.2, -0.15) is 0 Å². The van der Waals surface area contributed by atoms with Gasteiger partial charge in [0.15, 0.2) is 0 Å². The number of amides is 2. The Bertz CT molecular complexity index is 1560. The van der Waals surface area contributed by atoms with E-state index in [-0.39, 0.29) is 30.1 Å². The summed E-state index contributed by atoms with van der Waals surface area (Å²) in [7, 11) is 1.68. The van der Waals surface area contributed by atoms with E-state index in [2.05, 4.69) is 40.2 Å². The van der Waals surface area contributed by atoms with Gasteiger partial charge in [-0.05, 0) is 74.0 Å². The summed E-state index contributed by atoms with van der Waals surface area (Å²) in [5.74, 6) is -0.588. The molecular formula is C32H35N5O3. The van der Waals surface area contributed by atoms with E-state index in [9.17, 15) is 14.4 Å². The van der Waals surface area contributed by atoms with Gasteiger partial charge in [0.1, 0.15) is 12.2 Å². The molecule has 0 radical (unpaired) electrons. The lowest BCUT2D eigenvalue weighted by atomic mass is 9.88. The predicted molar refractivity (Wildman–Crippen MR) is 157 cm³/mol. The summed E-state index contributed by atoms with van der Waals surface area (Å²) in [5.41, 5.74) is 5.02. The van der Waals surface area contributed by atoms with E-state index in [4.69, 9.17) is 0 Å². The van der Waals surface area contributed by atoms with E-state index in [1.54, 1.807) is 24.9 Å². The maximum Gasteiger partial charge on any atom is 0.291 e. The average Bonchev–Trinajstić information content (AvgIpc) is 3.27. The molecule has 0 bridgehead atoms. The fourth-order valence-corrected chi connectivity index (χ4v) is 5.22. The summed E-state index contributed by atoms with van der Waals surface area (Å²) in [6.07, 6.45) is 5.16. The Morgan fingerprint density at radius 1 is 0.975 bits per heavy atom. The topological polar surface area (TPSA) is 97.2 Å². The van der Waals surface area contributed by atoms with Crippen LogP contribution in [-0.4, -0.2) is 34.3 Å². The molecule has 5 rings (SSSR count). The van der Waals surface area contributed by atoms with E-state index >= 15 is 0 Å². The molecule has 0 spiro atoms. The van der Waals surface area contributed by atoms with E-state index in [0.717, 1.165) is 42.5 Å². The molecule has 4 aromatic rings. The van der Waals surface area contributed by atoms with Crippen LogP contribution in [0.3, 0.4) is 0 Å². The molecule has 0 fully saturated rings. The minimum absolute atomic E-state index is 0.0959. The zero-order chi connectivity index (χ0) is 28.1. The number of aromatic nitrogens is 2. The number of hydrogen-bond acceptors (Lipinski definition) is 4. The number of anilines is 1. The Labute approximate surface area is 234 Å². The van der Waals surface area contributed by atoms with Crippen LogP contribution in [0.5, 0.6) is 0 Å². The van der Waals surface area contributed by atoms with Crippen LogP contribution in [0.25, 0.3) is 5.69 Å². The number of nitrogens with one attached hydrogen (secondary N) is 3. The molecule has 206 valence electrons. The number of rotatable bonds is 9. The number of carbonyl (C=O) groups excluding carboxylic acids is 2. The van der Waals surface area contributed by atoms with Gasteiger partial charge in [-0.15, -0.1) is 0 Å². The second kappa shape index (κ2) is 12.2. The van der Waals surface area contributed by atoms with Gasteiger partial charge in [-0.1, -0.05) is 66.7 Å². The van der Waals surface area contributed by atoms with Gasteiger partial charge in [0.25, 0.3) is 5.56 Å². The molecule has 1 aliphatic carbocycles. The van der Waals surface area contributed by atoms with Gasteiger partial charge in [0, 0.05) is 0 Å². The van der Waals surface area contributed by atoms with Gasteiger partial charge in [0.2, 0.25) is 11.8 Å². The fourth-order valence-electron chi connectivity index (χ4n) is 5.22. The van der Waals surface area contributed by atoms with E-state index in [0.29, 0.717) is 0 Å². The highest BCUT2D eigenvalue weighted by molar-refractivity contribution is 5.94. The summed E-state index contributed by atoms with van der Waals surface area (Å²) in [4.78, 5) is 39.5. The Morgan fingerprint density at radius 3 is 2.52 bits per heavy atom. The Balaban J connectivity index is 1.45. The van der Waals surface area contributed by atoms with Crippen LogP contribution in [0.2, 0.25) is 0 Å². The second-order valence-corrected chi connectivity index (χ2v) is 10.3. The molecular weight excluding hydrogens is 502 g/mol. The van der Waals surface area contributed by atoms with Crippen molar-refractivity contribution in [3.63, 3.8) is 0 Å². The summed E-state index contributed by atoms with van der Waals surface area (Å²) in [6.45, 7) is 1.53. The standard InChI is InChI=1S/C32H35N5O3/c1-22(33-2)31(39)35-29-20-36(26-15-8-12-24(19-26)18-23-10-4-3-5-11-23)37(32(29)40)21-30(38)34-28-17-9-14-25-13-6-7-16-27(25)28/h3-8,10-13,15-16,19-20,22,28,33H,9,14,17-18,21H2,1-2H3,(H,34,38)(H,35,39)/t22-,28+/m0/s1. The Hall–Kier alpha value is -4.43. The number of hydrogen-bond donors (Lipinski definition) is 3. The predicted octanol–water partition coefficient (Wildman–Crippen LogP) is 3.97. The van der Waals surface area contributed by atoms with Gasteiger partial charge in [-0.25, -0.2) is 4.68 Å². The monoisotopic (exact) mass is 537 g/mol. The maximum atomic E-state index is 13.5. The van der Waals surface area contributed by atoms with E-state index in [1.165, 1.54) is 15.8 Å². The Morgan fingerprint density at radius 2 is 1.73 bits per heavy atom. The molecule has 1 aliphatic rings. The molecule has 1 heterocycles. The van der Waals surface area contributed by atoms with Crippen molar-refractivity contribution in [1.82, 2.24) is 20.0 Å². The van der Waals surface area contributed by atoms with Crippen molar-refractivity contribution < 1.29 is 9.59 Å². The summed E-state index contributed by atoms with van der Waals surface area (Å²) >= 11 is 0. The van der Waals surface area contributed by atoms with Crippen molar-refractivity contribution >= 4 is 17.5 Å². The molecule has 3 aromatic carbocycles. The van der Waals surface area contributed by atoms with Crippen LogP contribution in [-0.2, 0) is 29.0 Å². The van der Waals surface area contributed by atoms with Gasteiger partial charge in [-0.3, -0.25) is 19.1 Å². The average molecular weight is 538 g/mol. The maximum absolute atomic E-state index is 13.5. The van der Waals surface area contributed by atoms with Crippen LogP contribution in [0.1, 0.15) is 48.1 Å². The van der Waals surface area contributed by atoms with Crippen LogP contribution in [0, 0.1) is 0 Å². The van der Waals surface area contributed by atoms with E-state index in [1.807, 2.05) is 54.6 Å². The number of aryl methyl sites for hydroxylation is 1. The number of carbonyl (C=O) groups is 2. The largest absolute Gasteiger partial charge is 0.348 e. The first-order valence-corrected chi connectivity index (χ1v) is 13.7. The normalized spacial score (nSPS) is 15.2. The zero-order valence-electron chi connectivity index (χ0n) is 22.9. The summed E-state index contributed by atoms with van der Waals surface area (Å²) in [5, 5.41) is 8.75. The fraction of sp³-hybridized carbons (Fsp3) is 0.281. The minimum atomic E-state index is -0.486. The lowest BCUT2D eigenvalue weighted by Gasteiger charge is -2.26. The number of fused-ring (bicyclic) bond motifs is 1. The van der Waals surface area contributed by atoms with Gasteiger partial charge < -0.3 is 16.0 Å². The first-order valence-electron chi connectivity index (χ1n) is 13.7. The van der Waals surface area contributed by atoms with Crippen LogP contribution in [0.15, 0.2) is 89.9 Å². The van der Waals surface area contributed by atoms with Crippen LogP contribution < -0.4 is 21.5 Å². The minimum Gasteiger partial charge on any atom is -0.348 e. The third-order valence-corrected chi connectivity index (χ3v) is 7.48. The molecule has 3 N–H and O–H groups in total. The highest BCUT2D eigenvalue weighted by atomic mass is 16.2. The number of nitrogens with zero attached hydrogens (tertiary/aromatic N) is 2. The molecule has 0 saturated heterocycles. The van der Waals surface area contributed by atoms with Crippen LogP contribution in [0.4, 0.5) is 5.69 Å². The second-order valence-electron chi connectivity index (χ2n) is 10.3. The molecule has 8 heteroatoms. The van der Waals surface area contributed by atoms with Crippen molar-refractivity contribution in [2.24, 2.45) is 0 Å². The number of likely N-dealkylation sites (N-methyl/N-ethyl adjacent to an activating group) is 1. The highest BCUT2D eigenvalue weighted by Gasteiger charge is 2.24. The molecule has 0 aliphatic heterocycles. The first kappa shape index (κ1) is 27.1. The quantitative estimate of drug-likeness (QED) is 0.301. The highest BCUT2D eigenvalue weighted by Crippen LogP contribution is 2.29. The van der Waals surface area contributed by atoms with Gasteiger partial charge >= 0.3 is 0 Å². The van der Waals surface area contributed by atoms with Crippen molar-refractivity contribution in [3.8, 4) is 5.69 Å². The van der Waals surface area contributed by atoms with E-state index < -0.39 is 11.6 Å². The number of benzene rings is 3. The smallest absolute Gasteiger partial charge is 0.291 e. The van der Waals surface area contributed by atoms with Crippen molar-refractivity contribution in [2.45, 2.75) is 51.2 Å². The first-order chi connectivity index (χ1) is 19.4. The third kappa shape index (κ3) is 6.07. The molecule has 2 atom stereocenters. The molecule has 0 unspecified atom stereocenters. The zero-order valence-corrected chi connectivity index (χ0v) is 22.9. The van der Waals surface area contributed by atoms with Crippen molar-refractivity contribution in [3.05, 3.63) is 118 Å². The molecule has 2 amide bonds. The summed E-state index contributed by atoms with van der Waals surface area (Å²) in [6, 6.07) is 25.6.